The molecule has 0 unspecified atom stereocenters. The van der Waals surface area contributed by atoms with Crippen LogP contribution in [0.3, 0.4) is 0 Å². The van der Waals surface area contributed by atoms with Gasteiger partial charge < -0.3 is 10.2 Å². The van der Waals surface area contributed by atoms with Crippen LogP contribution < -0.4 is 10.6 Å². The summed E-state index contributed by atoms with van der Waals surface area (Å²) in [7, 11) is 2.12. The van der Waals surface area contributed by atoms with Gasteiger partial charge in [0, 0.05) is 18.5 Å². The summed E-state index contributed by atoms with van der Waals surface area (Å²) < 4.78 is 0. The molecule has 0 bridgehead atoms. The van der Waals surface area contributed by atoms with Crippen LogP contribution in [0.1, 0.15) is 73.6 Å². The van der Waals surface area contributed by atoms with Gasteiger partial charge in [0.2, 0.25) is 0 Å². The molecule has 1 rings (SSSR count). The number of allylic oxidation sites excluding steroid dienone is 1. The molecule has 1 aliphatic rings. The van der Waals surface area contributed by atoms with Crippen molar-refractivity contribution < 1.29 is 9.59 Å². The van der Waals surface area contributed by atoms with E-state index in [-0.39, 0.29) is 30.1 Å². The summed E-state index contributed by atoms with van der Waals surface area (Å²) in [6.07, 6.45) is 8.83. The number of carbonyl (C=O) groups excluding carboxylic acids is 2. The SMILES string of the molecule is CC(C)N[C@]1(C)CCCC=CCN(C)CCC[C@](C)(C(=O)C(C)C)NCC1=O. The summed E-state index contributed by atoms with van der Waals surface area (Å²) in [6, 6.07) is 0.226. The quantitative estimate of drug-likeness (QED) is 0.718. The third-order valence-corrected chi connectivity index (χ3v) is 5.78. The van der Waals surface area contributed by atoms with Gasteiger partial charge in [-0.2, -0.15) is 0 Å². The van der Waals surface area contributed by atoms with Crippen molar-refractivity contribution in [3.05, 3.63) is 12.2 Å². The fourth-order valence-electron chi connectivity index (χ4n) is 4.08. The van der Waals surface area contributed by atoms with Crippen LogP contribution in [0.15, 0.2) is 12.2 Å². The lowest BCUT2D eigenvalue weighted by Crippen LogP contribution is -2.59. The summed E-state index contributed by atoms with van der Waals surface area (Å²) >= 11 is 0. The van der Waals surface area contributed by atoms with E-state index >= 15 is 0 Å². The highest BCUT2D eigenvalue weighted by atomic mass is 16.1. The van der Waals surface area contributed by atoms with Crippen molar-refractivity contribution in [2.24, 2.45) is 5.92 Å². The third kappa shape index (κ3) is 7.76. The number of carbonyl (C=O) groups is 2. The van der Waals surface area contributed by atoms with Crippen molar-refractivity contribution in [1.82, 2.24) is 15.5 Å². The van der Waals surface area contributed by atoms with Crippen LogP contribution in [-0.4, -0.2) is 60.3 Å². The Kier molecular flexibility index (Phi) is 10.0. The van der Waals surface area contributed by atoms with Gasteiger partial charge in [-0.25, -0.2) is 0 Å². The van der Waals surface area contributed by atoms with Gasteiger partial charge in [-0.15, -0.1) is 0 Å². The Morgan fingerprint density at radius 3 is 2.43 bits per heavy atom. The number of ketones is 2. The van der Waals surface area contributed by atoms with Gasteiger partial charge >= 0.3 is 0 Å². The van der Waals surface area contributed by atoms with E-state index in [2.05, 4.69) is 48.6 Å². The van der Waals surface area contributed by atoms with Crippen molar-refractivity contribution in [1.29, 1.82) is 0 Å². The molecular weight excluding hydrogens is 350 g/mol. The molecule has 1 heterocycles. The van der Waals surface area contributed by atoms with Crippen LogP contribution in [0, 0.1) is 5.92 Å². The number of Topliss-reactive ketones (excluding diaryl/α,β-unsaturated/α-hetero) is 2. The monoisotopic (exact) mass is 393 g/mol. The molecule has 162 valence electrons. The minimum Gasteiger partial charge on any atom is -0.303 e. The summed E-state index contributed by atoms with van der Waals surface area (Å²) in [5, 5.41) is 6.85. The lowest BCUT2D eigenvalue weighted by atomic mass is 9.83. The molecule has 2 N–H and O–H groups in total. The Bertz CT molecular complexity index is 544. The zero-order chi connectivity index (χ0) is 21.4. The first-order chi connectivity index (χ1) is 13.0. The highest BCUT2D eigenvalue weighted by Gasteiger charge is 2.37. The lowest BCUT2D eigenvalue weighted by Gasteiger charge is -2.35. The van der Waals surface area contributed by atoms with Crippen LogP contribution in [0.25, 0.3) is 0 Å². The maximum Gasteiger partial charge on any atom is 0.166 e. The zero-order valence-corrected chi connectivity index (χ0v) is 19.2. The van der Waals surface area contributed by atoms with E-state index in [1.165, 1.54) is 0 Å². The molecule has 0 radical (unpaired) electrons. The summed E-state index contributed by atoms with van der Waals surface area (Å²) in [6.45, 7) is 14.1. The highest BCUT2D eigenvalue weighted by molar-refractivity contribution is 5.93. The maximum absolute atomic E-state index is 13.2. The molecule has 5 nitrogen and oxygen atoms in total. The van der Waals surface area contributed by atoms with Crippen LogP contribution in [-0.2, 0) is 9.59 Å². The number of nitrogens with zero attached hydrogens (tertiary/aromatic N) is 1. The molecule has 0 fully saturated rings. The average Bonchev–Trinajstić information content (AvgIpc) is 2.60. The van der Waals surface area contributed by atoms with Crippen LogP contribution >= 0.6 is 0 Å². The minimum absolute atomic E-state index is 0.0597. The second-order valence-corrected chi connectivity index (χ2v) is 9.49. The number of hydrogen-bond donors (Lipinski definition) is 2. The van der Waals surface area contributed by atoms with Crippen molar-refractivity contribution in [3.8, 4) is 0 Å². The van der Waals surface area contributed by atoms with E-state index in [1.807, 2.05) is 27.7 Å². The van der Waals surface area contributed by atoms with Crippen molar-refractivity contribution in [3.63, 3.8) is 0 Å². The number of likely N-dealkylation sites (N-methyl/N-ethyl adjacent to an activating group) is 1. The molecule has 0 aromatic carbocycles. The molecule has 1 aliphatic heterocycles. The second kappa shape index (κ2) is 11.2. The lowest BCUT2D eigenvalue weighted by molar-refractivity contribution is -0.129. The van der Waals surface area contributed by atoms with E-state index in [0.29, 0.717) is 0 Å². The van der Waals surface area contributed by atoms with Gasteiger partial charge in [0.15, 0.2) is 11.6 Å². The Hall–Kier alpha value is -1.04. The first-order valence-electron chi connectivity index (χ1n) is 10.9. The summed E-state index contributed by atoms with van der Waals surface area (Å²) in [4.78, 5) is 28.4. The molecule has 0 aromatic heterocycles. The minimum atomic E-state index is -0.667. The Labute approximate surface area is 172 Å². The average molecular weight is 394 g/mol. The molecule has 0 saturated carbocycles. The van der Waals surface area contributed by atoms with Crippen molar-refractivity contribution in [2.45, 2.75) is 90.8 Å². The molecule has 0 spiro atoms. The first kappa shape index (κ1) is 25.0. The summed E-state index contributed by atoms with van der Waals surface area (Å²) in [5.41, 5.74) is -1.24. The van der Waals surface area contributed by atoms with E-state index in [9.17, 15) is 9.59 Å². The van der Waals surface area contributed by atoms with Gasteiger partial charge in [-0.05, 0) is 73.4 Å². The van der Waals surface area contributed by atoms with Crippen molar-refractivity contribution in [2.75, 3.05) is 26.7 Å². The Morgan fingerprint density at radius 2 is 1.82 bits per heavy atom. The second-order valence-electron chi connectivity index (χ2n) is 9.49. The fraction of sp³-hybridized carbons (Fsp3) is 0.826. The number of rotatable bonds is 4. The third-order valence-electron chi connectivity index (χ3n) is 5.78. The summed E-state index contributed by atoms with van der Waals surface area (Å²) in [5.74, 6) is 0.265. The molecule has 28 heavy (non-hydrogen) atoms. The van der Waals surface area contributed by atoms with Crippen LogP contribution in [0.5, 0.6) is 0 Å². The molecule has 0 amide bonds. The molecule has 0 saturated heterocycles. The molecular formula is C23H43N3O2. The van der Waals surface area contributed by atoms with Crippen molar-refractivity contribution >= 4 is 11.6 Å². The first-order valence-corrected chi connectivity index (χ1v) is 10.9. The predicted molar refractivity (Wildman–Crippen MR) is 118 cm³/mol. The Balaban J connectivity index is 3.06. The van der Waals surface area contributed by atoms with Gasteiger partial charge in [0.05, 0.1) is 17.6 Å². The largest absolute Gasteiger partial charge is 0.303 e. The fourth-order valence-corrected chi connectivity index (χ4v) is 4.08. The van der Waals surface area contributed by atoms with Gasteiger partial charge in [0.1, 0.15) is 0 Å². The van der Waals surface area contributed by atoms with Gasteiger partial charge in [0.25, 0.3) is 0 Å². The molecule has 5 heteroatoms. The Morgan fingerprint density at radius 1 is 1.14 bits per heavy atom. The number of nitrogens with one attached hydrogen (secondary N) is 2. The van der Waals surface area contributed by atoms with Gasteiger partial charge in [-0.3, -0.25) is 14.9 Å². The van der Waals surface area contributed by atoms with E-state index in [0.717, 1.165) is 45.2 Å². The smallest absolute Gasteiger partial charge is 0.166 e. The zero-order valence-electron chi connectivity index (χ0n) is 19.2. The standard InChI is InChI=1S/C23H43N3O2/c1-18(2)21(28)23(6)14-12-16-26(7)15-11-9-8-10-13-22(5,25-19(3)4)20(27)17-24-23/h9,11,18-19,24-25H,8,10,12-17H2,1-7H3/t22-,23-/m1/s1. The van der Waals surface area contributed by atoms with E-state index in [4.69, 9.17) is 0 Å². The van der Waals surface area contributed by atoms with Gasteiger partial charge in [-0.1, -0.05) is 26.0 Å². The van der Waals surface area contributed by atoms with E-state index in [1.54, 1.807) is 0 Å². The van der Waals surface area contributed by atoms with Crippen LogP contribution in [0.4, 0.5) is 0 Å². The number of hydrogen-bond acceptors (Lipinski definition) is 5. The molecule has 0 aromatic rings. The molecule has 2 atom stereocenters. The van der Waals surface area contributed by atoms with Crippen LogP contribution in [0.2, 0.25) is 0 Å². The topological polar surface area (TPSA) is 61.4 Å². The highest BCUT2D eigenvalue weighted by Crippen LogP contribution is 2.21. The predicted octanol–water partition coefficient (Wildman–Crippen LogP) is 3.34. The van der Waals surface area contributed by atoms with E-state index < -0.39 is 11.1 Å². The molecule has 0 aliphatic carbocycles. The normalized spacial score (nSPS) is 29.7. The maximum atomic E-state index is 13.2.